The molecule has 0 aromatic heterocycles. The summed E-state index contributed by atoms with van der Waals surface area (Å²) in [5.41, 5.74) is 0. The van der Waals surface area contributed by atoms with Crippen molar-refractivity contribution in [3.8, 4) is 0 Å². The van der Waals surface area contributed by atoms with E-state index in [1.165, 1.54) is 6.08 Å². The molecule has 190 valence electrons. The lowest BCUT2D eigenvalue weighted by Gasteiger charge is -2.46. The van der Waals surface area contributed by atoms with Gasteiger partial charge in [-0.2, -0.15) is 0 Å². The molecule has 0 unspecified atom stereocenters. The lowest BCUT2D eigenvalue weighted by molar-refractivity contribution is -0.137. The summed E-state index contributed by atoms with van der Waals surface area (Å²) >= 11 is 0. The first-order chi connectivity index (χ1) is 14.0. The molecule has 0 fully saturated rings. The molecule has 0 aliphatic heterocycles. The summed E-state index contributed by atoms with van der Waals surface area (Å²) in [6, 6.07) is 0.540. The van der Waals surface area contributed by atoms with Crippen molar-refractivity contribution in [2.24, 2.45) is 0 Å². The fraction of sp³-hybridized carbons (Fsp3) is 0.842. The van der Waals surface area contributed by atoms with Crippen molar-refractivity contribution in [1.29, 1.82) is 0 Å². The molecule has 0 aromatic rings. The van der Waals surface area contributed by atoms with Crippen molar-refractivity contribution in [3.05, 3.63) is 12.7 Å². The minimum absolute atomic E-state index is 0.259. The molecule has 13 heteroatoms. The SMILES string of the molecule is C=CC(=O)OCCC[Si](O[Si](C)(C)C)(O[Si](C)(C)C)O[Si](C)(O[Si](C)(C)C)O[Si](C)(C)C. The van der Waals surface area contributed by atoms with Crippen molar-refractivity contribution in [2.75, 3.05) is 6.61 Å². The van der Waals surface area contributed by atoms with Crippen molar-refractivity contribution >= 4 is 56.8 Å². The van der Waals surface area contributed by atoms with Gasteiger partial charge in [0.2, 0.25) is 0 Å². The lowest BCUT2D eigenvalue weighted by Crippen LogP contribution is -2.66. The quantitative estimate of drug-likeness (QED) is 0.105. The van der Waals surface area contributed by atoms with E-state index in [-0.39, 0.29) is 6.61 Å². The van der Waals surface area contributed by atoms with E-state index in [0.29, 0.717) is 12.5 Å². The molecule has 0 saturated carbocycles. The van der Waals surface area contributed by atoms with E-state index in [0.717, 1.165) is 0 Å². The number of carbonyl (C=O) groups is 1. The first kappa shape index (κ1) is 32.3. The fourth-order valence-electron chi connectivity index (χ4n) is 3.13. The van der Waals surface area contributed by atoms with Crippen LogP contribution in [0.3, 0.4) is 0 Å². The normalized spacial score (nSPS) is 14.4. The number of carbonyl (C=O) groups excluding carboxylic acids is 1. The Hall–Kier alpha value is 0.311. The van der Waals surface area contributed by atoms with E-state index >= 15 is 0 Å². The summed E-state index contributed by atoms with van der Waals surface area (Å²) < 4.78 is 38.9. The van der Waals surface area contributed by atoms with Gasteiger partial charge in [-0.15, -0.1) is 0 Å². The van der Waals surface area contributed by atoms with Crippen LogP contribution in [0.2, 0.25) is 91.2 Å². The highest BCUT2D eigenvalue weighted by Crippen LogP contribution is 2.33. The summed E-state index contributed by atoms with van der Waals surface area (Å²) in [4.78, 5) is 11.5. The van der Waals surface area contributed by atoms with Crippen LogP contribution >= 0.6 is 0 Å². The van der Waals surface area contributed by atoms with E-state index in [4.69, 9.17) is 25.3 Å². The molecular formula is C19H48O7Si6. The molecule has 0 aromatic carbocycles. The largest absolute Gasteiger partial charge is 0.472 e. The standard InChI is InChI=1S/C19H48O7Si6/c1-15-19(20)21-17-16-18-32(24-29(8,9)10,25-30(11,12)13)26-31(14,22-27(2,3)4)23-28(5,6)7/h15H,1,16-18H2,2-14H3. The highest BCUT2D eigenvalue weighted by molar-refractivity contribution is 6.92. The Morgan fingerprint density at radius 3 is 1.34 bits per heavy atom. The fourth-order valence-corrected chi connectivity index (χ4v) is 26.8. The second kappa shape index (κ2) is 11.8. The Kier molecular flexibility index (Phi) is 11.9. The van der Waals surface area contributed by atoms with Crippen LogP contribution in [0, 0.1) is 0 Å². The highest BCUT2D eigenvalue weighted by atomic mass is 28.5. The Balaban J connectivity index is 6.22. The van der Waals surface area contributed by atoms with Crippen LogP contribution < -0.4 is 0 Å². The lowest BCUT2D eigenvalue weighted by atomic mass is 10.5. The van der Waals surface area contributed by atoms with E-state index in [1.54, 1.807) is 0 Å². The second-order valence-corrected chi connectivity index (χ2v) is 36.6. The van der Waals surface area contributed by atoms with Crippen molar-refractivity contribution < 1.29 is 30.1 Å². The van der Waals surface area contributed by atoms with Crippen LogP contribution in [-0.4, -0.2) is 63.5 Å². The zero-order valence-electron chi connectivity index (χ0n) is 22.8. The maximum atomic E-state index is 11.5. The van der Waals surface area contributed by atoms with Crippen molar-refractivity contribution in [3.63, 3.8) is 0 Å². The minimum atomic E-state index is -3.22. The monoisotopic (exact) mass is 556 g/mol. The van der Waals surface area contributed by atoms with Crippen LogP contribution in [-0.2, 0) is 30.1 Å². The average molecular weight is 557 g/mol. The molecule has 0 N–H and O–H groups in total. The molecule has 0 spiro atoms. The highest BCUT2D eigenvalue weighted by Gasteiger charge is 2.56. The molecule has 0 amide bonds. The average Bonchev–Trinajstić information content (AvgIpc) is 2.42. The third kappa shape index (κ3) is 16.0. The summed E-state index contributed by atoms with van der Waals surface area (Å²) in [6.07, 6.45) is 1.75. The van der Waals surface area contributed by atoms with Gasteiger partial charge in [-0.3, -0.25) is 0 Å². The molecule has 0 rings (SSSR count). The van der Waals surface area contributed by atoms with Crippen molar-refractivity contribution in [2.45, 2.75) is 97.6 Å². The number of esters is 1. The summed E-state index contributed by atoms with van der Waals surface area (Å²) in [7, 11) is -14.4. The zero-order valence-corrected chi connectivity index (χ0v) is 28.8. The van der Waals surface area contributed by atoms with E-state index < -0.39 is 56.8 Å². The van der Waals surface area contributed by atoms with Gasteiger partial charge in [0.25, 0.3) is 0 Å². The number of hydrogen-bond acceptors (Lipinski definition) is 7. The van der Waals surface area contributed by atoms with Gasteiger partial charge in [-0.25, -0.2) is 4.79 Å². The van der Waals surface area contributed by atoms with Gasteiger partial charge in [0.05, 0.1) is 6.61 Å². The van der Waals surface area contributed by atoms with Gasteiger partial charge in [-0.05, 0) is 85.0 Å². The molecule has 0 radical (unpaired) electrons. The molecular weight excluding hydrogens is 509 g/mol. The third-order valence-corrected chi connectivity index (χ3v) is 22.2. The summed E-state index contributed by atoms with van der Waals surface area (Å²) in [5, 5.41) is 0. The molecule has 0 bridgehead atoms. The smallest absolute Gasteiger partial charge is 0.463 e. The predicted molar refractivity (Wildman–Crippen MR) is 147 cm³/mol. The van der Waals surface area contributed by atoms with Crippen LogP contribution in [0.1, 0.15) is 6.42 Å². The van der Waals surface area contributed by atoms with Gasteiger partial charge in [0.1, 0.15) is 0 Å². The predicted octanol–water partition coefficient (Wildman–Crippen LogP) is 6.04. The van der Waals surface area contributed by atoms with Crippen LogP contribution in [0.25, 0.3) is 0 Å². The molecule has 0 saturated heterocycles. The summed E-state index contributed by atoms with van der Waals surface area (Å²) in [5.74, 6) is -0.432. The van der Waals surface area contributed by atoms with Crippen molar-refractivity contribution in [1.82, 2.24) is 0 Å². The van der Waals surface area contributed by atoms with Gasteiger partial charge in [0.15, 0.2) is 33.3 Å². The number of hydrogen-bond donors (Lipinski definition) is 0. The van der Waals surface area contributed by atoms with Gasteiger partial charge in [-0.1, -0.05) is 6.58 Å². The van der Waals surface area contributed by atoms with E-state index in [2.05, 4.69) is 85.1 Å². The van der Waals surface area contributed by atoms with E-state index in [9.17, 15) is 4.79 Å². The van der Waals surface area contributed by atoms with Crippen LogP contribution in [0.5, 0.6) is 0 Å². The summed E-state index contributed by atoms with van der Waals surface area (Å²) in [6.45, 7) is 31.4. The zero-order chi connectivity index (χ0) is 25.6. The third-order valence-electron chi connectivity index (χ3n) is 3.29. The number of rotatable bonds is 15. The first-order valence-corrected chi connectivity index (χ1v) is 29.1. The Bertz CT molecular complexity index is 586. The van der Waals surface area contributed by atoms with Gasteiger partial charge in [0, 0.05) is 18.7 Å². The topological polar surface area (TPSA) is 72.5 Å². The first-order valence-electron chi connectivity index (χ1n) is 11.3. The van der Waals surface area contributed by atoms with Crippen LogP contribution in [0.4, 0.5) is 0 Å². The molecule has 32 heavy (non-hydrogen) atoms. The molecule has 7 nitrogen and oxygen atoms in total. The van der Waals surface area contributed by atoms with Gasteiger partial charge >= 0.3 is 23.6 Å². The minimum Gasteiger partial charge on any atom is -0.463 e. The second-order valence-electron chi connectivity index (χ2n) is 12.0. The molecule has 0 heterocycles. The Labute approximate surface area is 203 Å². The maximum absolute atomic E-state index is 11.5. The van der Waals surface area contributed by atoms with Crippen LogP contribution in [0.15, 0.2) is 12.7 Å². The number of ether oxygens (including phenoxy) is 1. The Morgan fingerprint density at radius 1 is 0.656 bits per heavy atom. The Morgan fingerprint density at radius 2 is 1.03 bits per heavy atom. The van der Waals surface area contributed by atoms with Gasteiger partial charge < -0.3 is 25.3 Å². The molecule has 0 atom stereocenters. The van der Waals surface area contributed by atoms with E-state index in [1.807, 2.05) is 6.55 Å². The molecule has 0 aliphatic carbocycles. The maximum Gasteiger partial charge on any atom is 0.472 e. The molecule has 0 aliphatic rings.